The monoisotopic (exact) mass is 358 g/mol. The molecule has 0 bridgehead atoms. The SMILES string of the molecule is C=CCn1c(=NC(=O)C2CCCC2)sc2cc(C(=O)OCC)ccc21. The number of amides is 1. The third-order valence-corrected chi connectivity index (χ3v) is 5.46. The molecular formula is C19H22N2O3S. The van der Waals surface area contributed by atoms with Gasteiger partial charge in [-0.2, -0.15) is 4.99 Å². The number of ether oxygens (including phenoxy) is 1. The predicted octanol–water partition coefficient (Wildman–Crippen LogP) is 3.68. The molecule has 132 valence electrons. The lowest BCUT2D eigenvalue weighted by Gasteiger charge is -2.04. The van der Waals surface area contributed by atoms with Gasteiger partial charge in [-0.3, -0.25) is 4.79 Å². The van der Waals surface area contributed by atoms with Crippen LogP contribution in [-0.4, -0.2) is 23.1 Å². The molecule has 25 heavy (non-hydrogen) atoms. The van der Waals surface area contributed by atoms with Gasteiger partial charge in [-0.25, -0.2) is 4.79 Å². The topological polar surface area (TPSA) is 60.7 Å². The summed E-state index contributed by atoms with van der Waals surface area (Å²) in [6.45, 7) is 6.48. The van der Waals surface area contributed by atoms with Crippen molar-refractivity contribution < 1.29 is 14.3 Å². The van der Waals surface area contributed by atoms with E-state index < -0.39 is 0 Å². The number of nitrogens with zero attached hydrogens (tertiary/aromatic N) is 2. The van der Waals surface area contributed by atoms with Crippen molar-refractivity contribution in [3.05, 3.63) is 41.2 Å². The maximum atomic E-state index is 12.4. The van der Waals surface area contributed by atoms with Crippen molar-refractivity contribution in [1.29, 1.82) is 0 Å². The molecule has 5 nitrogen and oxygen atoms in total. The summed E-state index contributed by atoms with van der Waals surface area (Å²) in [6.07, 6.45) is 5.86. The number of allylic oxidation sites excluding steroid dienone is 1. The first-order valence-corrected chi connectivity index (χ1v) is 9.45. The molecule has 0 spiro atoms. The lowest BCUT2D eigenvalue weighted by atomic mass is 10.1. The number of hydrogen-bond donors (Lipinski definition) is 0. The van der Waals surface area contributed by atoms with E-state index in [0.717, 1.165) is 35.9 Å². The number of aromatic nitrogens is 1. The zero-order chi connectivity index (χ0) is 17.8. The largest absolute Gasteiger partial charge is 0.462 e. The highest BCUT2D eigenvalue weighted by Crippen LogP contribution is 2.26. The molecule has 1 aromatic heterocycles. The molecule has 1 aliphatic carbocycles. The highest BCUT2D eigenvalue weighted by Gasteiger charge is 2.22. The molecule has 0 radical (unpaired) electrons. The van der Waals surface area contributed by atoms with Gasteiger partial charge in [0.25, 0.3) is 5.91 Å². The quantitative estimate of drug-likeness (QED) is 0.605. The molecule has 1 amide bonds. The molecule has 0 unspecified atom stereocenters. The van der Waals surface area contributed by atoms with Gasteiger partial charge in [0.1, 0.15) is 0 Å². The van der Waals surface area contributed by atoms with Crippen LogP contribution in [0, 0.1) is 5.92 Å². The van der Waals surface area contributed by atoms with Gasteiger partial charge in [-0.1, -0.05) is 30.3 Å². The maximum absolute atomic E-state index is 12.4. The molecule has 1 saturated carbocycles. The van der Waals surface area contributed by atoms with Crippen molar-refractivity contribution in [2.45, 2.75) is 39.2 Å². The van der Waals surface area contributed by atoms with Gasteiger partial charge in [0.05, 0.1) is 22.4 Å². The van der Waals surface area contributed by atoms with Crippen LogP contribution in [0.3, 0.4) is 0 Å². The van der Waals surface area contributed by atoms with Crippen molar-refractivity contribution in [2.75, 3.05) is 6.61 Å². The Bertz CT molecular complexity index is 872. The summed E-state index contributed by atoms with van der Waals surface area (Å²) in [7, 11) is 0. The van der Waals surface area contributed by atoms with Gasteiger partial charge < -0.3 is 9.30 Å². The lowest BCUT2D eigenvalue weighted by molar-refractivity contribution is -0.121. The number of rotatable bonds is 5. The van der Waals surface area contributed by atoms with Gasteiger partial charge in [0.2, 0.25) is 0 Å². The zero-order valence-corrected chi connectivity index (χ0v) is 15.2. The van der Waals surface area contributed by atoms with Crippen LogP contribution in [0.4, 0.5) is 0 Å². The van der Waals surface area contributed by atoms with E-state index in [-0.39, 0.29) is 17.8 Å². The minimum atomic E-state index is -0.339. The van der Waals surface area contributed by atoms with Crippen molar-refractivity contribution in [2.24, 2.45) is 10.9 Å². The van der Waals surface area contributed by atoms with Gasteiger partial charge in [-0.05, 0) is 38.0 Å². The number of benzene rings is 1. The number of carbonyl (C=O) groups is 2. The second-order valence-corrected chi connectivity index (χ2v) is 7.13. The first kappa shape index (κ1) is 17.6. The third kappa shape index (κ3) is 3.74. The van der Waals surface area contributed by atoms with Crippen LogP contribution < -0.4 is 4.80 Å². The summed E-state index contributed by atoms with van der Waals surface area (Å²) in [5.74, 6) is -0.321. The number of hydrogen-bond acceptors (Lipinski definition) is 4. The second kappa shape index (κ2) is 7.78. The Balaban J connectivity index is 2.04. The smallest absolute Gasteiger partial charge is 0.338 e. The number of fused-ring (bicyclic) bond motifs is 1. The normalized spacial score (nSPS) is 15.6. The summed E-state index contributed by atoms with van der Waals surface area (Å²) < 4.78 is 7.93. The van der Waals surface area contributed by atoms with Gasteiger partial charge in [0.15, 0.2) is 4.80 Å². The van der Waals surface area contributed by atoms with E-state index in [1.807, 2.05) is 10.6 Å². The molecule has 1 aromatic carbocycles. The molecule has 1 aliphatic rings. The minimum absolute atomic E-state index is 0.0347. The van der Waals surface area contributed by atoms with Crippen LogP contribution in [0.1, 0.15) is 43.0 Å². The summed E-state index contributed by atoms with van der Waals surface area (Å²) in [5, 5.41) is 0. The van der Waals surface area contributed by atoms with Crippen LogP contribution >= 0.6 is 11.3 Å². The Morgan fingerprint density at radius 1 is 1.40 bits per heavy atom. The van der Waals surface area contributed by atoms with E-state index in [1.54, 1.807) is 25.1 Å². The molecule has 0 saturated heterocycles. The first-order valence-electron chi connectivity index (χ1n) is 8.64. The van der Waals surface area contributed by atoms with E-state index in [4.69, 9.17) is 4.74 Å². The molecule has 0 aliphatic heterocycles. The number of thiazole rings is 1. The van der Waals surface area contributed by atoms with E-state index in [1.165, 1.54) is 11.3 Å². The lowest BCUT2D eigenvalue weighted by Crippen LogP contribution is -2.19. The third-order valence-electron chi connectivity index (χ3n) is 4.42. The number of carbonyl (C=O) groups excluding carboxylic acids is 2. The Kier molecular flexibility index (Phi) is 5.48. The summed E-state index contributed by atoms with van der Waals surface area (Å²) in [4.78, 5) is 29.4. The van der Waals surface area contributed by atoms with Crippen molar-refractivity contribution in [1.82, 2.24) is 4.57 Å². The van der Waals surface area contributed by atoms with Crippen LogP contribution in [0.25, 0.3) is 10.2 Å². The molecule has 3 rings (SSSR count). The fourth-order valence-electron chi connectivity index (χ4n) is 3.16. The predicted molar refractivity (Wildman–Crippen MR) is 98.5 cm³/mol. The average molecular weight is 358 g/mol. The highest BCUT2D eigenvalue weighted by atomic mass is 32.1. The molecule has 0 N–H and O–H groups in total. The molecule has 6 heteroatoms. The Morgan fingerprint density at radius 3 is 2.84 bits per heavy atom. The van der Waals surface area contributed by atoms with E-state index in [0.29, 0.717) is 23.5 Å². The van der Waals surface area contributed by atoms with Gasteiger partial charge in [-0.15, -0.1) is 6.58 Å². The fourth-order valence-corrected chi connectivity index (χ4v) is 4.25. The first-order chi connectivity index (χ1) is 12.1. The number of esters is 1. The Hall–Kier alpha value is -2.21. The van der Waals surface area contributed by atoms with Crippen LogP contribution in [0.2, 0.25) is 0 Å². The minimum Gasteiger partial charge on any atom is -0.462 e. The van der Waals surface area contributed by atoms with E-state index >= 15 is 0 Å². The van der Waals surface area contributed by atoms with E-state index in [2.05, 4.69) is 11.6 Å². The average Bonchev–Trinajstić information content (AvgIpc) is 3.24. The van der Waals surface area contributed by atoms with Crippen LogP contribution in [0.5, 0.6) is 0 Å². The van der Waals surface area contributed by atoms with Crippen molar-refractivity contribution in [3.8, 4) is 0 Å². The molecule has 1 heterocycles. The standard InChI is InChI=1S/C19H22N2O3S/c1-3-11-21-15-10-9-14(18(23)24-4-2)12-16(15)25-19(21)20-17(22)13-7-5-6-8-13/h3,9-10,12-13H,1,4-8,11H2,2H3. The molecule has 2 aromatic rings. The maximum Gasteiger partial charge on any atom is 0.338 e. The Morgan fingerprint density at radius 2 is 2.16 bits per heavy atom. The van der Waals surface area contributed by atoms with Crippen molar-refractivity contribution in [3.63, 3.8) is 0 Å². The summed E-state index contributed by atoms with van der Waals surface area (Å²) in [5.41, 5.74) is 1.45. The summed E-state index contributed by atoms with van der Waals surface area (Å²) >= 11 is 1.42. The van der Waals surface area contributed by atoms with Crippen molar-refractivity contribution >= 4 is 33.4 Å². The second-order valence-electron chi connectivity index (χ2n) is 6.12. The summed E-state index contributed by atoms with van der Waals surface area (Å²) in [6, 6.07) is 5.42. The van der Waals surface area contributed by atoms with Gasteiger partial charge in [0, 0.05) is 12.5 Å². The van der Waals surface area contributed by atoms with E-state index in [9.17, 15) is 9.59 Å². The van der Waals surface area contributed by atoms with Crippen LogP contribution in [0.15, 0.2) is 35.8 Å². The molecular weight excluding hydrogens is 336 g/mol. The fraction of sp³-hybridized carbons (Fsp3) is 0.421. The molecule has 0 atom stereocenters. The Labute approximate surface area is 150 Å². The van der Waals surface area contributed by atoms with Gasteiger partial charge >= 0.3 is 5.97 Å². The van der Waals surface area contributed by atoms with Crippen LogP contribution in [-0.2, 0) is 16.1 Å². The highest BCUT2D eigenvalue weighted by molar-refractivity contribution is 7.16. The molecule has 1 fully saturated rings. The zero-order valence-electron chi connectivity index (χ0n) is 14.4.